The van der Waals surface area contributed by atoms with E-state index in [0.717, 1.165) is 0 Å². The molecule has 1 heterocycles. The second-order valence-corrected chi connectivity index (χ2v) is 7.41. The highest BCUT2D eigenvalue weighted by Crippen LogP contribution is 2.36. The number of aromatic nitrogens is 1. The van der Waals surface area contributed by atoms with Gasteiger partial charge in [-0.25, -0.2) is 4.98 Å². The summed E-state index contributed by atoms with van der Waals surface area (Å²) in [6.07, 6.45) is 0. The van der Waals surface area contributed by atoms with Crippen molar-refractivity contribution in [3.63, 3.8) is 0 Å². The van der Waals surface area contributed by atoms with Crippen molar-refractivity contribution in [2.75, 3.05) is 0 Å². The van der Waals surface area contributed by atoms with Gasteiger partial charge in [-0.2, -0.15) is 0 Å². The van der Waals surface area contributed by atoms with Crippen molar-refractivity contribution in [1.29, 1.82) is 0 Å². The Morgan fingerprint density at radius 2 is 1.92 bits per heavy atom. The van der Waals surface area contributed by atoms with Crippen molar-refractivity contribution < 1.29 is 0 Å². The predicted octanol–water partition coefficient (Wildman–Crippen LogP) is 4.25. The van der Waals surface area contributed by atoms with Crippen LogP contribution in [0.15, 0.2) is 0 Å². The molecule has 3 heteroatoms. The van der Waals surface area contributed by atoms with Gasteiger partial charge < -0.3 is 0 Å². The van der Waals surface area contributed by atoms with Gasteiger partial charge in [0.2, 0.25) is 0 Å². The molecule has 74 valence electrons. The van der Waals surface area contributed by atoms with Crippen molar-refractivity contribution in [2.45, 2.75) is 44.0 Å². The Labute approximate surface area is 98.1 Å². The fraction of sp³-hybridized carbons (Fsp3) is 0.700. The maximum Gasteiger partial charge on any atom is 0.0900 e. The van der Waals surface area contributed by atoms with Crippen LogP contribution in [0.3, 0.4) is 0 Å². The minimum atomic E-state index is 0.180. The molecule has 0 amide bonds. The van der Waals surface area contributed by atoms with Crippen LogP contribution in [0.2, 0.25) is 0 Å². The van der Waals surface area contributed by atoms with Gasteiger partial charge in [0, 0.05) is 14.2 Å². The Hall–Kier alpha value is 0.360. The maximum atomic E-state index is 4.62. The molecule has 0 saturated carbocycles. The molecule has 0 N–H and O–H groups in total. The van der Waals surface area contributed by atoms with E-state index in [1.54, 1.807) is 0 Å². The van der Waals surface area contributed by atoms with Gasteiger partial charge in [-0.3, -0.25) is 0 Å². The van der Waals surface area contributed by atoms with Crippen molar-refractivity contribution in [3.8, 4) is 0 Å². The van der Waals surface area contributed by atoms with E-state index in [4.69, 9.17) is 0 Å². The number of thiazole rings is 1. The number of aryl methyl sites for hydroxylation is 1. The van der Waals surface area contributed by atoms with Crippen LogP contribution in [0.5, 0.6) is 0 Å². The van der Waals surface area contributed by atoms with Gasteiger partial charge in [0.15, 0.2) is 0 Å². The Balaban J connectivity index is 3.20. The number of hydrogen-bond acceptors (Lipinski definition) is 2. The molecule has 13 heavy (non-hydrogen) atoms. The monoisotopic (exact) mass is 309 g/mol. The Morgan fingerprint density at radius 3 is 2.23 bits per heavy atom. The normalized spacial score (nSPS) is 14.6. The molecule has 0 fully saturated rings. The predicted molar refractivity (Wildman–Crippen MR) is 68.0 cm³/mol. The van der Waals surface area contributed by atoms with E-state index in [2.05, 4.69) is 62.2 Å². The average Bonchev–Trinajstić information content (AvgIpc) is 2.29. The van der Waals surface area contributed by atoms with Crippen LogP contribution < -0.4 is 0 Å². The Bertz CT molecular complexity index is 296. The number of rotatable bonds is 1. The first-order valence-electron chi connectivity index (χ1n) is 4.44. The van der Waals surface area contributed by atoms with Crippen molar-refractivity contribution in [1.82, 2.24) is 4.98 Å². The maximum absolute atomic E-state index is 4.62. The SMILES string of the molecule is Cc1nc(C(C)(C)C)c(C(C)I)s1. The third-order valence-electron chi connectivity index (χ3n) is 1.83. The van der Waals surface area contributed by atoms with Crippen molar-refractivity contribution in [2.24, 2.45) is 0 Å². The van der Waals surface area contributed by atoms with Gasteiger partial charge >= 0.3 is 0 Å². The summed E-state index contributed by atoms with van der Waals surface area (Å²) >= 11 is 4.29. The summed E-state index contributed by atoms with van der Waals surface area (Å²) in [4.78, 5) is 6.05. The first kappa shape index (κ1) is 11.4. The van der Waals surface area contributed by atoms with Gasteiger partial charge in [0.1, 0.15) is 0 Å². The molecule has 1 aromatic rings. The van der Waals surface area contributed by atoms with E-state index >= 15 is 0 Å². The fourth-order valence-electron chi connectivity index (χ4n) is 1.25. The lowest BCUT2D eigenvalue weighted by molar-refractivity contribution is 0.566. The van der Waals surface area contributed by atoms with E-state index in [1.807, 2.05) is 11.3 Å². The molecule has 0 aliphatic rings. The van der Waals surface area contributed by atoms with Crippen LogP contribution in [0.25, 0.3) is 0 Å². The van der Waals surface area contributed by atoms with Crippen LogP contribution in [0.1, 0.15) is 47.2 Å². The summed E-state index contributed by atoms with van der Waals surface area (Å²) in [7, 11) is 0. The molecule has 0 bridgehead atoms. The van der Waals surface area contributed by atoms with Gasteiger partial charge in [-0.05, 0) is 13.8 Å². The zero-order valence-corrected chi connectivity index (χ0v) is 11.8. The highest BCUT2D eigenvalue weighted by molar-refractivity contribution is 14.1. The third kappa shape index (κ3) is 2.65. The summed E-state index contributed by atoms with van der Waals surface area (Å²) in [6, 6.07) is 0. The average molecular weight is 309 g/mol. The molecule has 1 rings (SSSR count). The molecule has 1 atom stereocenters. The number of hydrogen-bond donors (Lipinski definition) is 0. The molecule has 1 unspecified atom stereocenters. The van der Waals surface area contributed by atoms with Crippen molar-refractivity contribution in [3.05, 3.63) is 15.6 Å². The lowest BCUT2D eigenvalue weighted by atomic mass is 9.91. The van der Waals surface area contributed by atoms with Gasteiger partial charge in [-0.1, -0.05) is 43.4 Å². The van der Waals surface area contributed by atoms with E-state index in [-0.39, 0.29) is 5.41 Å². The van der Waals surface area contributed by atoms with Gasteiger partial charge in [0.05, 0.1) is 10.7 Å². The van der Waals surface area contributed by atoms with Gasteiger partial charge in [-0.15, -0.1) is 11.3 Å². The quantitative estimate of drug-likeness (QED) is 0.558. The molecule has 0 aliphatic carbocycles. The van der Waals surface area contributed by atoms with E-state index in [0.29, 0.717) is 3.92 Å². The van der Waals surface area contributed by atoms with Crippen LogP contribution in [0, 0.1) is 6.92 Å². The summed E-state index contributed by atoms with van der Waals surface area (Å²) < 4.78 is 0.568. The number of alkyl halides is 1. The molecule has 0 spiro atoms. The zero-order chi connectivity index (χ0) is 10.2. The van der Waals surface area contributed by atoms with Crippen LogP contribution in [-0.4, -0.2) is 4.98 Å². The standard InChI is InChI=1S/C10H16INS/c1-6(11)8-9(10(3,4)5)12-7(2)13-8/h6H,1-5H3. The second kappa shape index (κ2) is 3.85. The van der Waals surface area contributed by atoms with Crippen LogP contribution in [-0.2, 0) is 5.41 Å². The summed E-state index contributed by atoms with van der Waals surface area (Å²) in [5, 5.41) is 1.18. The lowest BCUT2D eigenvalue weighted by Crippen LogP contribution is -2.14. The Kier molecular flexibility index (Phi) is 3.38. The summed E-state index contributed by atoms with van der Waals surface area (Å²) in [5.74, 6) is 0. The molecule has 0 saturated heterocycles. The van der Waals surface area contributed by atoms with E-state index < -0.39 is 0 Å². The molecule has 0 aliphatic heterocycles. The smallest absolute Gasteiger partial charge is 0.0900 e. The largest absolute Gasteiger partial charge is 0.246 e. The molecular weight excluding hydrogens is 293 g/mol. The summed E-state index contributed by atoms with van der Waals surface area (Å²) in [6.45, 7) is 11.0. The third-order valence-corrected chi connectivity index (χ3v) is 4.03. The van der Waals surface area contributed by atoms with Gasteiger partial charge in [0.25, 0.3) is 0 Å². The Morgan fingerprint density at radius 1 is 1.38 bits per heavy atom. The fourth-order valence-corrected chi connectivity index (χ4v) is 2.99. The number of halogens is 1. The van der Waals surface area contributed by atoms with Crippen LogP contribution in [0.4, 0.5) is 0 Å². The molecule has 0 radical (unpaired) electrons. The first-order valence-corrected chi connectivity index (χ1v) is 6.50. The minimum absolute atomic E-state index is 0.180. The molecular formula is C10H16INS. The van der Waals surface area contributed by atoms with Crippen LogP contribution >= 0.6 is 33.9 Å². The highest BCUT2D eigenvalue weighted by atomic mass is 127. The van der Waals surface area contributed by atoms with E-state index in [9.17, 15) is 0 Å². The molecule has 1 aromatic heterocycles. The first-order chi connectivity index (χ1) is 5.82. The van der Waals surface area contributed by atoms with E-state index in [1.165, 1.54) is 15.6 Å². The summed E-state index contributed by atoms with van der Waals surface area (Å²) in [5.41, 5.74) is 1.45. The molecule has 0 aromatic carbocycles. The van der Waals surface area contributed by atoms with Crippen molar-refractivity contribution >= 4 is 33.9 Å². The highest BCUT2D eigenvalue weighted by Gasteiger charge is 2.23. The zero-order valence-electron chi connectivity index (χ0n) is 8.81. The molecule has 1 nitrogen and oxygen atoms in total. The lowest BCUT2D eigenvalue weighted by Gasteiger charge is -2.18. The topological polar surface area (TPSA) is 12.9 Å². The number of nitrogens with zero attached hydrogens (tertiary/aromatic N) is 1. The minimum Gasteiger partial charge on any atom is -0.246 e. The second-order valence-electron chi connectivity index (χ2n) is 4.31.